The number of halogens is 3. The van der Waals surface area contributed by atoms with Crippen molar-refractivity contribution in [2.75, 3.05) is 7.11 Å². The predicted octanol–water partition coefficient (Wildman–Crippen LogP) is 5.89. The number of hydrogen-bond donors (Lipinski definition) is 1. The molecule has 0 spiro atoms. The Kier molecular flexibility index (Phi) is 8.16. The van der Waals surface area contributed by atoms with Crippen molar-refractivity contribution in [3.05, 3.63) is 89.3 Å². The first-order valence-corrected chi connectivity index (χ1v) is 10.6. The van der Waals surface area contributed by atoms with Gasteiger partial charge in [0.15, 0.2) is 0 Å². The van der Waals surface area contributed by atoms with Crippen LogP contribution in [0.5, 0.6) is 0 Å². The highest BCUT2D eigenvalue weighted by molar-refractivity contribution is 5.53. The Morgan fingerprint density at radius 1 is 1.09 bits per heavy atom. The summed E-state index contributed by atoms with van der Waals surface area (Å²) >= 11 is 0. The maximum absolute atomic E-state index is 12.7. The lowest BCUT2D eigenvalue weighted by molar-refractivity contribution is -0.141. The van der Waals surface area contributed by atoms with E-state index in [-0.39, 0.29) is 6.10 Å². The first-order chi connectivity index (χ1) is 15.7. The molecule has 0 amide bonds. The van der Waals surface area contributed by atoms with E-state index >= 15 is 0 Å². The molecule has 0 bridgehead atoms. The molecule has 33 heavy (non-hydrogen) atoms. The fraction of sp³-hybridized carbons (Fsp3) is 0.320. The van der Waals surface area contributed by atoms with Gasteiger partial charge >= 0.3 is 6.18 Å². The van der Waals surface area contributed by atoms with Gasteiger partial charge in [0.05, 0.1) is 6.10 Å². The molecule has 0 saturated carbocycles. The van der Waals surface area contributed by atoms with Crippen LogP contribution in [0.3, 0.4) is 0 Å². The Labute approximate surface area is 191 Å². The number of aromatic nitrogens is 4. The minimum absolute atomic E-state index is 0.0804. The lowest BCUT2D eigenvalue weighted by atomic mass is 10.0. The summed E-state index contributed by atoms with van der Waals surface area (Å²) in [5.74, 6) is 0.768. The van der Waals surface area contributed by atoms with Crippen LogP contribution in [0.1, 0.15) is 36.0 Å². The van der Waals surface area contributed by atoms with Crippen molar-refractivity contribution >= 4 is 0 Å². The van der Waals surface area contributed by atoms with Gasteiger partial charge in [-0.3, -0.25) is 9.97 Å². The molecule has 0 aliphatic heterocycles. The van der Waals surface area contributed by atoms with Gasteiger partial charge in [0.25, 0.3) is 0 Å². The lowest BCUT2D eigenvalue weighted by Gasteiger charge is -2.09. The second kappa shape index (κ2) is 11.0. The van der Waals surface area contributed by atoms with Crippen molar-refractivity contribution < 1.29 is 17.9 Å². The number of alkyl halides is 3. The molecule has 8 heteroatoms. The summed E-state index contributed by atoms with van der Waals surface area (Å²) in [4.78, 5) is 15.6. The number of methoxy groups -OCH3 is 1. The van der Waals surface area contributed by atoms with Gasteiger partial charge < -0.3 is 9.72 Å². The minimum atomic E-state index is -4.43. The molecule has 174 valence electrons. The quantitative estimate of drug-likeness (QED) is 0.408. The Hall–Kier alpha value is -3.26. The fourth-order valence-electron chi connectivity index (χ4n) is 3.18. The summed E-state index contributed by atoms with van der Waals surface area (Å²) in [6.07, 6.45) is 8.31. The number of allylic oxidation sites excluding steroid dienone is 3. The molecular weight excluding hydrogens is 429 g/mol. The molecule has 0 aliphatic rings. The molecule has 0 saturated heterocycles. The van der Waals surface area contributed by atoms with E-state index in [0.717, 1.165) is 40.0 Å². The number of aromatic amines is 1. The lowest BCUT2D eigenvalue weighted by Crippen LogP contribution is -2.07. The van der Waals surface area contributed by atoms with Gasteiger partial charge in [-0.1, -0.05) is 24.3 Å². The molecule has 3 aromatic heterocycles. The van der Waals surface area contributed by atoms with Crippen molar-refractivity contribution in [2.45, 2.75) is 45.4 Å². The molecule has 3 aromatic rings. The molecule has 3 rings (SSSR count). The molecule has 0 radical (unpaired) electrons. The van der Waals surface area contributed by atoms with Crippen LogP contribution in [-0.4, -0.2) is 33.1 Å². The molecule has 3 heterocycles. The third kappa shape index (κ3) is 7.39. The first-order valence-electron chi connectivity index (χ1n) is 10.6. The Balaban J connectivity index is 1.63. The third-order valence-electron chi connectivity index (χ3n) is 5.12. The smallest absolute Gasteiger partial charge is 0.378 e. The van der Waals surface area contributed by atoms with Crippen LogP contribution < -0.4 is 0 Å². The Bertz CT molecular complexity index is 1080. The second-order valence-electron chi connectivity index (χ2n) is 7.78. The molecule has 1 unspecified atom stereocenters. The van der Waals surface area contributed by atoms with Crippen LogP contribution in [0.2, 0.25) is 0 Å². The van der Waals surface area contributed by atoms with Crippen LogP contribution in [0.15, 0.2) is 66.7 Å². The molecule has 0 aliphatic carbocycles. The SMILES string of the molecule is COC(C)/C=C(\C=C/Cc1cnc(-c2ccc(C)nc2)[nH]1)CCc1ccc(C(F)(F)F)nc1. The van der Waals surface area contributed by atoms with Gasteiger partial charge in [-0.25, -0.2) is 4.98 Å². The molecule has 0 fully saturated rings. The zero-order chi connectivity index (χ0) is 23.8. The number of hydrogen-bond acceptors (Lipinski definition) is 4. The van der Waals surface area contributed by atoms with Gasteiger partial charge in [0, 0.05) is 49.1 Å². The number of nitrogens with one attached hydrogen (secondary N) is 1. The summed E-state index contributed by atoms with van der Waals surface area (Å²) in [6.45, 7) is 3.87. The zero-order valence-electron chi connectivity index (χ0n) is 18.9. The van der Waals surface area contributed by atoms with Gasteiger partial charge in [-0.2, -0.15) is 13.2 Å². The predicted molar refractivity (Wildman–Crippen MR) is 122 cm³/mol. The number of rotatable bonds is 9. The number of imidazole rings is 1. The summed E-state index contributed by atoms with van der Waals surface area (Å²) in [5.41, 5.74) is 3.74. The first kappa shape index (κ1) is 24.4. The van der Waals surface area contributed by atoms with E-state index in [1.807, 2.05) is 44.2 Å². The molecule has 5 nitrogen and oxygen atoms in total. The Morgan fingerprint density at radius 3 is 2.55 bits per heavy atom. The summed E-state index contributed by atoms with van der Waals surface area (Å²) in [7, 11) is 1.63. The van der Waals surface area contributed by atoms with Crippen molar-refractivity contribution in [1.82, 2.24) is 19.9 Å². The standard InChI is InChI=1S/C25H27F3N4O/c1-17-7-11-21(15-29-17)24-31-16-22(32-24)6-4-5-19(13-18(2)33-3)8-9-20-10-12-23(30-14-20)25(26,27)28/h4-5,7,10-16,18H,6,8-9H2,1-3H3,(H,31,32)/b5-4-,19-13+. The average Bonchev–Trinajstić information content (AvgIpc) is 3.26. The van der Waals surface area contributed by atoms with Gasteiger partial charge in [-0.15, -0.1) is 0 Å². The second-order valence-corrected chi connectivity index (χ2v) is 7.78. The molecule has 0 aromatic carbocycles. The van der Waals surface area contributed by atoms with Crippen molar-refractivity contribution in [3.8, 4) is 11.4 Å². The summed E-state index contributed by atoms with van der Waals surface area (Å²) < 4.78 is 43.5. The molecule has 1 atom stereocenters. The van der Waals surface area contributed by atoms with Crippen LogP contribution >= 0.6 is 0 Å². The van der Waals surface area contributed by atoms with Crippen LogP contribution in [0, 0.1) is 6.92 Å². The number of ether oxygens (including phenoxy) is 1. The van der Waals surface area contributed by atoms with E-state index in [1.54, 1.807) is 19.5 Å². The summed E-state index contributed by atoms with van der Waals surface area (Å²) in [5, 5.41) is 0. The molecule has 1 N–H and O–H groups in total. The van der Waals surface area contributed by atoms with Gasteiger partial charge in [-0.05, 0) is 56.0 Å². The van der Waals surface area contributed by atoms with Gasteiger partial charge in [0.1, 0.15) is 11.5 Å². The number of nitrogens with zero attached hydrogens (tertiary/aromatic N) is 3. The van der Waals surface area contributed by atoms with E-state index in [4.69, 9.17) is 4.74 Å². The van der Waals surface area contributed by atoms with Crippen molar-refractivity contribution in [3.63, 3.8) is 0 Å². The maximum Gasteiger partial charge on any atom is 0.433 e. The van der Waals surface area contributed by atoms with E-state index in [2.05, 4.69) is 19.9 Å². The monoisotopic (exact) mass is 456 g/mol. The maximum atomic E-state index is 12.7. The van der Waals surface area contributed by atoms with Crippen LogP contribution in [-0.2, 0) is 23.8 Å². The highest BCUT2D eigenvalue weighted by Gasteiger charge is 2.31. The highest BCUT2D eigenvalue weighted by Crippen LogP contribution is 2.27. The third-order valence-corrected chi connectivity index (χ3v) is 5.12. The normalized spacial score (nSPS) is 13.6. The minimum Gasteiger partial charge on any atom is -0.378 e. The van der Waals surface area contributed by atoms with Crippen molar-refractivity contribution in [1.29, 1.82) is 0 Å². The van der Waals surface area contributed by atoms with Crippen LogP contribution in [0.25, 0.3) is 11.4 Å². The number of aryl methyl sites for hydroxylation is 2. The highest BCUT2D eigenvalue weighted by atomic mass is 19.4. The van der Waals surface area contributed by atoms with E-state index < -0.39 is 11.9 Å². The Morgan fingerprint density at radius 2 is 1.91 bits per heavy atom. The van der Waals surface area contributed by atoms with E-state index in [9.17, 15) is 13.2 Å². The van der Waals surface area contributed by atoms with Gasteiger partial charge in [0.2, 0.25) is 0 Å². The van der Waals surface area contributed by atoms with Crippen molar-refractivity contribution in [2.24, 2.45) is 0 Å². The zero-order valence-corrected chi connectivity index (χ0v) is 18.9. The van der Waals surface area contributed by atoms with E-state index in [1.165, 1.54) is 12.3 Å². The average molecular weight is 457 g/mol. The molecular formula is C25H27F3N4O. The van der Waals surface area contributed by atoms with Crippen LogP contribution in [0.4, 0.5) is 13.2 Å². The number of H-pyrrole nitrogens is 1. The van der Waals surface area contributed by atoms with E-state index in [0.29, 0.717) is 19.3 Å². The number of pyridine rings is 2. The topological polar surface area (TPSA) is 63.7 Å². The summed E-state index contributed by atoms with van der Waals surface area (Å²) in [6, 6.07) is 6.41. The largest absolute Gasteiger partial charge is 0.433 e. The fourth-order valence-corrected chi connectivity index (χ4v) is 3.18.